The van der Waals surface area contributed by atoms with Gasteiger partial charge in [-0.3, -0.25) is 0 Å². The summed E-state index contributed by atoms with van der Waals surface area (Å²) in [5.74, 6) is 2.41. The standard InChI is InChI=1S/C9H12.C4H7N/c1-3-9-7-5-4-6-8(9)2;1-3-4-5-2/h4-7H,3H2,1-2H3;1,5H,4H2,2H3. The second-order valence-electron chi connectivity index (χ2n) is 3.01. The zero-order valence-corrected chi connectivity index (χ0v) is 9.30. The molecule has 0 amide bonds. The van der Waals surface area contributed by atoms with Crippen LogP contribution >= 0.6 is 0 Å². The van der Waals surface area contributed by atoms with Gasteiger partial charge in [0.2, 0.25) is 0 Å². The van der Waals surface area contributed by atoms with Gasteiger partial charge in [-0.2, -0.15) is 0 Å². The molecule has 0 heterocycles. The molecule has 0 aliphatic carbocycles. The Hall–Kier alpha value is -1.26. The fraction of sp³-hybridized carbons (Fsp3) is 0.385. The summed E-state index contributed by atoms with van der Waals surface area (Å²) in [5.41, 5.74) is 2.86. The minimum Gasteiger partial charge on any atom is -0.309 e. The minimum atomic E-state index is 0.667. The normalized spacial score (nSPS) is 8.43. The third kappa shape index (κ3) is 5.40. The quantitative estimate of drug-likeness (QED) is 0.704. The van der Waals surface area contributed by atoms with E-state index in [4.69, 9.17) is 6.42 Å². The smallest absolute Gasteiger partial charge is 0.0571 e. The summed E-state index contributed by atoms with van der Waals surface area (Å²) in [6.45, 7) is 5.00. The summed E-state index contributed by atoms with van der Waals surface area (Å²) in [5, 5.41) is 2.78. The van der Waals surface area contributed by atoms with Gasteiger partial charge in [0, 0.05) is 0 Å². The molecule has 0 aromatic heterocycles. The molecule has 1 N–H and O–H groups in total. The average Bonchev–Trinajstić information content (AvgIpc) is 2.21. The highest BCUT2D eigenvalue weighted by molar-refractivity contribution is 5.24. The van der Waals surface area contributed by atoms with E-state index in [0.717, 1.165) is 6.42 Å². The Balaban J connectivity index is 0.000000292. The van der Waals surface area contributed by atoms with E-state index in [1.54, 1.807) is 0 Å². The Morgan fingerprint density at radius 2 is 2.00 bits per heavy atom. The fourth-order valence-corrected chi connectivity index (χ4v) is 1.11. The molecule has 0 fully saturated rings. The van der Waals surface area contributed by atoms with E-state index in [1.807, 2.05) is 7.05 Å². The molecular formula is C13H19N. The van der Waals surface area contributed by atoms with Crippen molar-refractivity contribution in [2.45, 2.75) is 20.3 Å². The molecule has 0 atom stereocenters. The third-order valence-electron chi connectivity index (χ3n) is 1.92. The molecule has 1 rings (SSSR count). The van der Waals surface area contributed by atoms with Gasteiger partial charge < -0.3 is 5.32 Å². The summed E-state index contributed by atoms with van der Waals surface area (Å²) in [6, 6.07) is 8.49. The van der Waals surface area contributed by atoms with Crippen LogP contribution in [0.3, 0.4) is 0 Å². The van der Waals surface area contributed by atoms with Gasteiger partial charge in [-0.15, -0.1) is 6.42 Å². The highest BCUT2D eigenvalue weighted by Crippen LogP contribution is 2.06. The average molecular weight is 189 g/mol. The second kappa shape index (κ2) is 8.34. The van der Waals surface area contributed by atoms with Crippen molar-refractivity contribution in [1.82, 2.24) is 5.32 Å². The largest absolute Gasteiger partial charge is 0.309 e. The zero-order chi connectivity index (χ0) is 10.8. The van der Waals surface area contributed by atoms with Crippen molar-refractivity contribution >= 4 is 0 Å². The van der Waals surface area contributed by atoms with E-state index in [2.05, 4.69) is 49.4 Å². The van der Waals surface area contributed by atoms with Crippen molar-refractivity contribution < 1.29 is 0 Å². The van der Waals surface area contributed by atoms with Crippen LogP contribution in [0.5, 0.6) is 0 Å². The Kier molecular flexibility index (Phi) is 7.59. The van der Waals surface area contributed by atoms with Crippen molar-refractivity contribution in [2.24, 2.45) is 0 Å². The SMILES string of the molecule is C#CCNC.CCc1ccccc1C. The highest BCUT2D eigenvalue weighted by Gasteiger charge is 1.89. The van der Waals surface area contributed by atoms with Gasteiger partial charge in [0.05, 0.1) is 6.54 Å². The molecule has 0 unspecified atom stereocenters. The van der Waals surface area contributed by atoms with Crippen LogP contribution < -0.4 is 5.32 Å². The molecule has 0 aliphatic heterocycles. The number of aryl methyl sites for hydroxylation is 2. The van der Waals surface area contributed by atoms with E-state index < -0.39 is 0 Å². The molecule has 0 spiro atoms. The lowest BCUT2D eigenvalue weighted by Crippen LogP contribution is -2.03. The number of hydrogen-bond donors (Lipinski definition) is 1. The topological polar surface area (TPSA) is 12.0 Å². The maximum atomic E-state index is 4.83. The summed E-state index contributed by atoms with van der Waals surface area (Å²) in [7, 11) is 1.82. The fourth-order valence-electron chi connectivity index (χ4n) is 1.11. The lowest BCUT2D eigenvalue weighted by molar-refractivity contribution is 0.939. The van der Waals surface area contributed by atoms with Crippen LogP contribution in [-0.4, -0.2) is 13.6 Å². The van der Waals surface area contributed by atoms with E-state index in [1.165, 1.54) is 11.1 Å². The van der Waals surface area contributed by atoms with E-state index in [-0.39, 0.29) is 0 Å². The summed E-state index contributed by atoms with van der Waals surface area (Å²) < 4.78 is 0. The third-order valence-corrected chi connectivity index (χ3v) is 1.92. The molecule has 0 aliphatic rings. The van der Waals surface area contributed by atoms with Crippen molar-refractivity contribution in [3.8, 4) is 12.3 Å². The zero-order valence-electron chi connectivity index (χ0n) is 9.30. The minimum absolute atomic E-state index is 0.667. The molecule has 0 saturated heterocycles. The maximum Gasteiger partial charge on any atom is 0.0571 e. The van der Waals surface area contributed by atoms with Crippen LogP contribution in [0.15, 0.2) is 24.3 Å². The maximum absolute atomic E-state index is 4.83. The summed E-state index contributed by atoms with van der Waals surface area (Å²) in [6.07, 6.45) is 5.97. The Morgan fingerprint density at radius 3 is 2.29 bits per heavy atom. The summed E-state index contributed by atoms with van der Waals surface area (Å²) >= 11 is 0. The van der Waals surface area contributed by atoms with Crippen LogP contribution in [0, 0.1) is 19.3 Å². The van der Waals surface area contributed by atoms with E-state index in [0.29, 0.717) is 6.54 Å². The molecule has 76 valence electrons. The van der Waals surface area contributed by atoms with E-state index >= 15 is 0 Å². The molecule has 1 aromatic rings. The Bertz CT molecular complexity index is 284. The number of benzene rings is 1. The van der Waals surface area contributed by atoms with E-state index in [9.17, 15) is 0 Å². The first-order valence-electron chi connectivity index (χ1n) is 4.88. The van der Waals surface area contributed by atoms with Crippen LogP contribution in [0.25, 0.3) is 0 Å². The van der Waals surface area contributed by atoms with Crippen LogP contribution in [0.2, 0.25) is 0 Å². The number of hydrogen-bond acceptors (Lipinski definition) is 1. The van der Waals surface area contributed by atoms with Crippen molar-refractivity contribution in [3.63, 3.8) is 0 Å². The van der Waals surface area contributed by atoms with Crippen LogP contribution in [0.4, 0.5) is 0 Å². The molecule has 0 saturated carbocycles. The number of rotatable bonds is 2. The molecule has 0 bridgehead atoms. The van der Waals surface area contributed by atoms with Gasteiger partial charge in [0.15, 0.2) is 0 Å². The first-order valence-corrected chi connectivity index (χ1v) is 4.88. The molecule has 1 nitrogen and oxygen atoms in total. The first-order chi connectivity index (χ1) is 6.76. The predicted octanol–water partition coefficient (Wildman–Crippen LogP) is 2.40. The molecule has 0 radical (unpaired) electrons. The van der Waals surface area contributed by atoms with Gasteiger partial charge in [0.1, 0.15) is 0 Å². The van der Waals surface area contributed by atoms with Crippen molar-refractivity contribution in [2.75, 3.05) is 13.6 Å². The first kappa shape index (κ1) is 12.7. The predicted molar refractivity (Wildman–Crippen MR) is 63.3 cm³/mol. The Labute approximate surface area is 87.5 Å². The molecule has 1 aromatic carbocycles. The molecule has 1 heteroatoms. The molecular weight excluding hydrogens is 170 g/mol. The monoisotopic (exact) mass is 189 g/mol. The van der Waals surface area contributed by atoms with Crippen LogP contribution in [0.1, 0.15) is 18.1 Å². The van der Waals surface area contributed by atoms with Crippen LogP contribution in [-0.2, 0) is 6.42 Å². The number of terminal acetylenes is 1. The highest BCUT2D eigenvalue weighted by atomic mass is 14.8. The van der Waals surface area contributed by atoms with Gasteiger partial charge in [0.25, 0.3) is 0 Å². The van der Waals surface area contributed by atoms with Crippen molar-refractivity contribution in [3.05, 3.63) is 35.4 Å². The second-order valence-corrected chi connectivity index (χ2v) is 3.01. The lowest BCUT2D eigenvalue weighted by atomic mass is 10.1. The van der Waals surface area contributed by atoms with Gasteiger partial charge in [-0.25, -0.2) is 0 Å². The summed E-state index contributed by atoms with van der Waals surface area (Å²) in [4.78, 5) is 0. The van der Waals surface area contributed by atoms with Gasteiger partial charge >= 0.3 is 0 Å². The number of nitrogens with one attached hydrogen (secondary N) is 1. The molecule has 14 heavy (non-hydrogen) atoms. The lowest BCUT2D eigenvalue weighted by Gasteiger charge is -1.98. The van der Waals surface area contributed by atoms with Gasteiger partial charge in [-0.1, -0.05) is 37.1 Å². The Morgan fingerprint density at radius 1 is 1.36 bits per heavy atom. The van der Waals surface area contributed by atoms with Crippen molar-refractivity contribution in [1.29, 1.82) is 0 Å². The van der Waals surface area contributed by atoms with Gasteiger partial charge in [-0.05, 0) is 31.5 Å².